The highest BCUT2D eigenvalue weighted by Gasteiger charge is 2.16. The summed E-state index contributed by atoms with van der Waals surface area (Å²) < 4.78 is 27.7. The van der Waals surface area contributed by atoms with Gasteiger partial charge in [0, 0.05) is 18.8 Å². The van der Waals surface area contributed by atoms with E-state index in [1.165, 1.54) is 19.3 Å². The van der Waals surface area contributed by atoms with Gasteiger partial charge in [-0.1, -0.05) is 18.2 Å². The predicted molar refractivity (Wildman–Crippen MR) is 94.5 cm³/mol. The van der Waals surface area contributed by atoms with Crippen LogP contribution in [0.3, 0.4) is 0 Å². The van der Waals surface area contributed by atoms with Gasteiger partial charge in [0.25, 0.3) is 10.0 Å². The number of hydrogen-bond donors (Lipinski definition) is 1. The average molecular weight is 330 g/mol. The Morgan fingerprint density at radius 3 is 2.43 bits per heavy atom. The number of nitrogens with one attached hydrogen (secondary N) is 1. The van der Waals surface area contributed by atoms with Crippen molar-refractivity contribution in [3.8, 4) is 0 Å². The number of hydrogen-bond acceptors (Lipinski definition) is 3. The van der Waals surface area contributed by atoms with Crippen molar-refractivity contribution < 1.29 is 8.42 Å². The summed E-state index contributed by atoms with van der Waals surface area (Å²) in [4.78, 5) is 2.61. The molecule has 0 aromatic heterocycles. The lowest BCUT2D eigenvalue weighted by Gasteiger charge is -2.29. The lowest BCUT2D eigenvalue weighted by Crippen LogP contribution is -2.29. The average Bonchev–Trinajstić information content (AvgIpc) is 2.55. The van der Waals surface area contributed by atoms with E-state index in [4.69, 9.17) is 0 Å². The maximum absolute atomic E-state index is 12.5. The molecule has 0 amide bonds. The standard InChI is InChI=1S/C18H22N2O2S/c1-15-7-5-10-18(13-15)23(21,22)19-16-8-6-9-17(14-16)20-11-3-2-4-12-20/h5-10,13-14,19H,2-4,11-12H2,1H3. The van der Waals surface area contributed by atoms with Crippen molar-refractivity contribution in [2.75, 3.05) is 22.7 Å². The first-order valence-electron chi connectivity index (χ1n) is 7.99. The molecule has 0 bridgehead atoms. The fourth-order valence-electron chi connectivity index (χ4n) is 2.91. The van der Waals surface area contributed by atoms with Crippen molar-refractivity contribution in [3.05, 3.63) is 54.1 Å². The second kappa shape index (κ2) is 6.62. The van der Waals surface area contributed by atoms with Crippen LogP contribution in [0.4, 0.5) is 11.4 Å². The van der Waals surface area contributed by atoms with Gasteiger partial charge in [-0.05, 0) is 62.1 Å². The Labute approximate surface area is 138 Å². The largest absolute Gasteiger partial charge is 0.371 e. The maximum Gasteiger partial charge on any atom is 0.261 e. The van der Waals surface area contributed by atoms with Crippen LogP contribution in [0.2, 0.25) is 0 Å². The van der Waals surface area contributed by atoms with Crippen LogP contribution in [-0.2, 0) is 10.0 Å². The number of benzene rings is 2. The third kappa shape index (κ3) is 3.85. The van der Waals surface area contributed by atoms with E-state index in [1.54, 1.807) is 24.3 Å². The fourth-order valence-corrected chi connectivity index (χ4v) is 4.07. The zero-order chi connectivity index (χ0) is 16.3. The molecule has 1 aliphatic heterocycles. The maximum atomic E-state index is 12.5. The molecule has 5 heteroatoms. The predicted octanol–water partition coefficient (Wildman–Crippen LogP) is 3.79. The molecule has 2 aromatic carbocycles. The van der Waals surface area contributed by atoms with E-state index in [2.05, 4.69) is 9.62 Å². The van der Waals surface area contributed by atoms with Gasteiger partial charge in [0.05, 0.1) is 10.6 Å². The molecule has 1 aliphatic rings. The summed E-state index contributed by atoms with van der Waals surface area (Å²) in [6, 6.07) is 14.6. The van der Waals surface area contributed by atoms with Gasteiger partial charge in [0.15, 0.2) is 0 Å². The topological polar surface area (TPSA) is 49.4 Å². The third-order valence-electron chi connectivity index (χ3n) is 4.12. The second-order valence-corrected chi connectivity index (χ2v) is 7.70. The van der Waals surface area contributed by atoms with Gasteiger partial charge in [0.1, 0.15) is 0 Å². The molecule has 0 unspecified atom stereocenters. The molecule has 0 spiro atoms. The first-order valence-corrected chi connectivity index (χ1v) is 9.47. The summed E-state index contributed by atoms with van der Waals surface area (Å²) >= 11 is 0. The van der Waals surface area contributed by atoms with Crippen LogP contribution < -0.4 is 9.62 Å². The monoisotopic (exact) mass is 330 g/mol. The van der Waals surface area contributed by atoms with Gasteiger partial charge < -0.3 is 4.90 Å². The molecule has 2 aromatic rings. The van der Waals surface area contributed by atoms with Gasteiger partial charge in [-0.3, -0.25) is 4.72 Å². The second-order valence-electron chi connectivity index (χ2n) is 6.02. The lowest BCUT2D eigenvalue weighted by molar-refractivity contribution is 0.578. The number of aryl methyl sites for hydroxylation is 1. The van der Waals surface area contributed by atoms with Crippen LogP contribution in [0, 0.1) is 6.92 Å². The van der Waals surface area contributed by atoms with E-state index in [9.17, 15) is 8.42 Å². The van der Waals surface area contributed by atoms with Crippen molar-refractivity contribution in [2.45, 2.75) is 31.1 Å². The number of sulfonamides is 1. The number of piperidine rings is 1. The molecule has 1 saturated heterocycles. The molecule has 0 radical (unpaired) electrons. The molecular formula is C18H22N2O2S. The molecule has 1 N–H and O–H groups in total. The van der Waals surface area contributed by atoms with E-state index in [-0.39, 0.29) is 0 Å². The van der Waals surface area contributed by atoms with Crippen molar-refractivity contribution in [1.29, 1.82) is 0 Å². The lowest BCUT2D eigenvalue weighted by atomic mass is 10.1. The number of nitrogens with zero attached hydrogens (tertiary/aromatic N) is 1. The zero-order valence-electron chi connectivity index (χ0n) is 13.3. The van der Waals surface area contributed by atoms with Crippen LogP contribution >= 0.6 is 0 Å². The summed E-state index contributed by atoms with van der Waals surface area (Å²) in [6.45, 7) is 3.96. The van der Waals surface area contributed by atoms with Gasteiger partial charge >= 0.3 is 0 Å². The van der Waals surface area contributed by atoms with Crippen molar-refractivity contribution >= 4 is 21.4 Å². The Kier molecular flexibility index (Phi) is 4.57. The molecule has 4 nitrogen and oxygen atoms in total. The van der Waals surface area contributed by atoms with E-state index in [1.807, 2.05) is 31.2 Å². The summed E-state index contributed by atoms with van der Waals surface area (Å²) in [7, 11) is -3.55. The minimum Gasteiger partial charge on any atom is -0.371 e. The Morgan fingerprint density at radius 1 is 0.957 bits per heavy atom. The first kappa shape index (κ1) is 15.9. The fraction of sp³-hybridized carbons (Fsp3) is 0.333. The molecule has 23 heavy (non-hydrogen) atoms. The minimum absolute atomic E-state index is 0.292. The Bertz CT molecular complexity index is 781. The number of anilines is 2. The van der Waals surface area contributed by atoms with Gasteiger partial charge in [0.2, 0.25) is 0 Å². The molecule has 0 aliphatic carbocycles. The van der Waals surface area contributed by atoms with Crippen LogP contribution in [0.25, 0.3) is 0 Å². The quantitative estimate of drug-likeness (QED) is 0.928. The van der Waals surface area contributed by atoms with Crippen LogP contribution in [0.5, 0.6) is 0 Å². The minimum atomic E-state index is -3.55. The molecule has 1 heterocycles. The van der Waals surface area contributed by atoms with Crippen LogP contribution in [-0.4, -0.2) is 21.5 Å². The molecular weight excluding hydrogens is 308 g/mol. The van der Waals surface area contributed by atoms with E-state index in [0.29, 0.717) is 10.6 Å². The van der Waals surface area contributed by atoms with Crippen molar-refractivity contribution in [1.82, 2.24) is 0 Å². The van der Waals surface area contributed by atoms with Crippen LogP contribution in [0.15, 0.2) is 53.4 Å². The van der Waals surface area contributed by atoms with Crippen molar-refractivity contribution in [3.63, 3.8) is 0 Å². The van der Waals surface area contributed by atoms with Gasteiger partial charge in [-0.2, -0.15) is 0 Å². The molecule has 0 atom stereocenters. The van der Waals surface area contributed by atoms with E-state index in [0.717, 1.165) is 24.3 Å². The zero-order valence-corrected chi connectivity index (χ0v) is 14.1. The Morgan fingerprint density at radius 2 is 1.70 bits per heavy atom. The molecule has 0 saturated carbocycles. The Hall–Kier alpha value is -2.01. The summed E-state index contributed by atoms with van der Waals surface area (Å²) in [5.41, 5.74) is 2.61. The molecule has 122 valence electrons. The number of rotatable bonds is 4. The van der Waals surface area contributed by atoms with E-state index >= 15 is 0 Å². The summed E-state index contributed by atoms with van der Waals surface area (Å²) in [6.07, 6.45) is 3.66. The summed E-state index contributed by atoms with van der Waals surface area (Å²) in [5, 5.41) is 0. The SMILES string of the molecule is Cc1cccc(S(=O)(=O)Nc2cccc(N3CCCCC3)c2)c1. The third-order valence-corrected chi connectivity index (χ3v) is 5.50. The Balaban J connectivity index is 1.82. The highest BCUT2D eigenvalue weighted by molar-refractivity contribution is 7.92. The van der Waals surface area contributed by atoms with Crippen molar-refractivity contribution in [2.24, 2.45) is 0 Å². The van der Waals surface area contributed by atoms with Crippen LogP contribution in [0.1, 0.15) is 24.8 Å². The smallest absolute Gasteiger partial charge is 0.261 e. The highest BCUT2D eigenvalue weighted by atomic mass is 32.2. The van der Waals surface area contributed by atoms with Gasteiger partial charge in [-0.15, -0.1) is 0 Å². The molecule has 1 fully saturated rings. The molecule has 3 rings (SSSR count). The normalized spacial score (nSPS) is 15.4. The first-order chi connectivity index (χ1) is 11.0. The van der Waals surface area contributed by atoms with E-state index < -0.39 is 10.0 Å². The summed E-state index contributed by atoms with van der Waals surface area (Å²) in [5.74, 6) is 0. The van der Waals surface area contributed by atoms with Gasteiger partial charge in [-0.25, -0.2) is 8.42 Å². The highest BCUT2D eigenvalue weighted by Crippen LogP contribution is 2.24.